The van der Waals surface area contributed by atoms with E-state index in [0.29, 0.717) is 17.1 Å². The molecule has 22 heavy (non-hydrogen) atoms. The number of fused-ring (bicyclic) bond motifs is 1. The average Bonchev–Trinajstić information content (AvgIpc) is 2.46. The quantitative estimate of drug-likeness (QED) is 0.658. The minimum Gasteiger partial charge on any atom is -0.508 e. The molecule has 0 aromatic heterocycles. The Labute approximate surface area is 127 Å². The smallest absolute Gasteiger partial charge is 0.308 e. The second kappa shape index (κ2) is 5.60. The van der Waals surface area contributed by atoms with E-state index in [1.165, 1.54) is 19.1 Å². The van der Waals surface area contributed by atoms with Gasteiger partial charge in [0.25, 0.3) is 0 Å². The highest BCUT2D eigenvalue weighted by molar-refractivity contribution is 5.70. The van der Waals surface area contributed by atoms with Crippen LogP contribution in [0.3, 0.4) is 0 Å². The van der Waals surface area contributed by atoms with Crippen LogP contribution in [0.2, 0.25) is 0 Å². The van der Waals surface area contributed by atoms with Crippen LogP contribution in [0.4, 0.5) is 0 Å². The van der Waals surface area contributed by atoms with Crippen molar-refractivity contribution in [1.29, 1.82) is 0 Å². The minimum atomic E-state index is -0.458. The molecular formula is C17H16O5. The van der Waals surface area contributed by atoms with Crippen LogP contribution >= 0.6 is 0 Å². The van der Waals surface area contributed by atoms with Gasteiger partial charge in [-0.25, -0.2) is 0 Å². The first-order valence-electron chi connectivity index (χ1n) is 7.03. The van der Waals surface area contributed by atoms with E-state index in [0.717, 1.165) is 18.4 Å². The SMILES string of the molecule is CC(=O)Oc1cc(O)ccc1C1CCc2ccc(O)cc2O1. The van der Waals surface area contributed by atoms with Crippen LogP contribution in [0.15, 0.2) is 36.4 Å². The van der Waals surface area contributed by atoms with E-state index in [1.807, 2.05) is 6.07 Å². The molecule has 0 bridgehead atoms. The Kier molecular flexibility index (Phi) is 3.63. The van der Waals surface area contributed by atoms with Gasteiger partial charge in [-0.1, -0.05) is 6.07 Å². The van der Waals surface area contributed by atoms with Crippen LogP contribution < -0.4 is 9.47 Å². The third-order valence-corrected chi connectivity index (χ3v) is 3.59. The lowest BCUT2D eigenvalue weighted by molar-refractivity contribution is -0.132. The number of ether oxygens (including phenoxy) is 2. The van der Waals surface area contributed by atoms with Crippen molar-refractivity contribution in [2.24, 2.45) is 0 Å². The van der Waals surface area contributed by atoms with Crippen LogP contribution in [-0.2, 0) is 11.2 Å². The van der Waals surface area contributed by atoms with Gasteiger partial charge in [0.05, 0.1) is 0 Å². The van der Waals surface area contributed by atoms with Crippen LogP contribution in [0, 0.1) is 0 Å². The summed E-state index contributed by atoms with van der Waals surface area (Å²) in [6.07, 6.45) is 1.21. The highest BCUT2D eigenvalue weighted by Gasteiger charge is 2.25. The molecule has 1 aliphatic rings. The average molecular weight is 300 g/mol. The summed E-state index contributed by atoms with van der Waals surface area (Å²) in [6, 6.07) is 9.67. The largest absolute Gasteiger partial charge is 0.508 e. The van der Waals surface area contributed by atoms with Gasteiger partial charge >= 0.3 is 5.97 Å². The Morgan fingerprint density at radius 1 is 1.18 bits per heavy atom. The van der Waals surface area contributed by atoms with Gasteiger partial charge < -0.3 is 19.7 Å². The number of hydrogen-bond donors (Lipinski definition) is 2. The van der Waals surface area contributed by atoms with Crippen molar-refractivity contribution in [3.63, 3.8) is 0 Å². The summed E-state index contributed by atoms with van der Waals surface area (Å²) in [6.45, 7) is 1.31. The van der Waals surface area contributed by atoms with Crippen molar-refractivity contribution in [1.82, 2.24) is 0 Å². The van der Waals surface area contributed by atoms with Crippen molar-refractivity contribution in [2.45, 2.75) is 25.9 Å². The standard InChI is InChI=1S/C17H16O5/c1-10(18)21-17-9-13(20)5-6-14(17)15-7-3-11-2-4-12(19)8-16(11)22-15/h2,4-6,8-9,15,19-20H,3,7H2,1H3. The maximum atomic E-state index is 11.2. The molecule has 0 saturated heterocycles. The molecule has 1 atom stereocenters. The Balaban J connectivity index is 1.93. The molecule has 0 fully saturated rings. The fraction of sp³-hybridized carbons (Fsp3) is 0.235. The van der Waals surface area contributed by atoms with Crippen molar-refractivity contribution >= 4 is 5.97 Å². The van der Waals surface area contributed by atoms with E-state index in [2.05, 4.69) is 0 Å². The van der Waals surface area contributed by atoms with Gasteiger partial charge in [0.2, 0.25) is 0 Å². The Hall–Kier alpha value is -2.69. The number of hydrogen-bond acceptors (Lipinski definition) is 5. The fourth-order valence-electron chi connectivity index (χ4n) is 2.61. The first-order valence-corrected chi connectivity index (χ1v) is 7.03. The maximum absolute atomic E-state index is 11.2. The molecule has 5 heteroatoms. The van der Waals surface area contributed by atoms with Crippen LogP contribution in [-0.4, -0.2) is 16.2 Å². The number of carbonyl (C=O) groups is 1. The third-order valence-electron chi connectivity index (χ3n) is 3.59. The Morgan fingerprint density at radius 2 is 1.91 bits per heavy atom. The minimum absolute atomic E-state index is 0.0221. The zero-order valence-electron chi connectivity index (χ0n) is 12.1. The number of phenolic OH excluding ortho intramolecular Hbond substituents is 2. The lowest BCUT2D eigenvalue weighted by Gasteiger charge is -2.27. The normalized spacial score (nSPS) is 16.5. The van der Waals surface area contributed by atoms with Crippen LogP contribution in [0.1, 0.15) is 30.6 Å². The van der Waals surface area contributed by atoms with Gasteiger partial charge in [-0.2, -0.15) is 0 Å². The molecule has 0 spiro atoms. The fourth-order valence-corrected chi connectivity index (χ4v) is 2.61. The lowest BCUT2D eigenvalue weighted by Crippen LogP contribution is -2.16. The van der Waals surface area contributed by atoms with Crippen LogP contribution in [0.25, 0.3) is 0 Å². The number of aryl methyl sites for hydroxylation is 1. The molecule has 5 nitrogen and oxygen atoms in total. The van der Waals surface area contributed by atoms with Gasteiger partial charge in [0.15, 0.2) is 0 Å². The van der Waals surface area contributed by atoms with Crippen LogP contribution in [0.5, 0.6) is 23.0 Å². The van der Waals surface area contributed by atoms with E-state index in [4.69, 9.17) is 9.47 Å². The van der Waals surface area contributed by atoms with E-state index in [1.54, 1.807) is 18.2 Å². The zero-order chi connectivity index (χ0) is 15.7. The highest BCUT2D eigenvalue weighted by Crippen LogP contribution is 2.40. The van der Waals surface area contributed by atoms with Crippen molar-refractivity contribution < 1.29 is 24.5 Å². The molecule has 0 aliphatic carbocycles. The number of aromatic hydroxyl groups is 2. The van der Waals surface area contributed by atoms with E-state index in [-0.39, 0.29) is 17.6 Å². The van der Waals surface area contributed by atoms with Gasteiger partial charge in [-0.05, 0) is 36.6 Å². The molecule has 1 aliphatic heterocycles. The molecule has 0 radical (unpaired) electrons. The van der Waals surface area contributed by atoms with Crippen molar-refractivity contribution in [3.05, 3.63) is 47.5 Å². The number of carbonyl (C=O) groups excluding carboxylic acids is 1. The van der Waals surface area contributed by atoms with E-state index in [9.17, 15) is 15.0 Å². The Morgan fingerprint density at radius 3 is 2.68 bits per heavy atom. The molecule has 2 N–H and O–H groups in total. The van der Waals surface area contributed by atoms with Gasteiger partial charge in [-0.3, -0.25) is 4.79 Å². The number of benzene rings is 2. The van der Waals surface area contributed by atoms with E-state index >= 15 is 0 Å². The number of rotatable bonds is 2. The zero-order valence-corrected chi connectivity index (χ0v) is 12.1. The molecule has 0 saturated carbocycles. The lowest BCUT2D eigenvalue weighted by atomic mass is 9.96. The molecular weight excluding hydrogens is 284 g/mol. The second-order valence-corrected chi connectivity index (χ2v) is 5.25. The maximum Gasteiger partial charge on any atom is 0.308 e. The molecule has 1 heterocycles. The summed E-state index contributed by atoms with van der Waals surface area (Å²) in [5.74, 6) is 0.624. The first kappa shape index (κ1) is 14.3. The topological polar surface area (TPSA) is 76.0 Å². The third kappa shape index (κ3) is 2.83. The summed E-state index contributed by atoms with van der Waals surface area (Å²) in [7, 11) is 0. The number of phenols is 2. The summed E-state index contributed by atoms with van der Waals surface area (Å²) >= 11 is 0. The van der Waals surface area contributed by atoms with Gasteiger partial charge in [0, 0.05) is 24.6 Å². The molecule has 3 rings (SSSR count). The predicted molar refractivity (Wildman–Crippen MR) is 79.2 cm³/mol. The second-order valence-electron chi connectivity index (χ2n) is 5.25. The molecule has 1 unspecified atom stereocenters. The highest BCUT2D eigenvalue weighted by atomic mass is 16.5. The summed E-state index contributed by atoms with van der Waals surface area (Å²) in [4.78, 5) is 11.2. The van der Waals surface area contributed by atoms with Crippen molar-refractivity contribution in [2.75, 3.05) is 0 Å². The molecule has 2 aromatic carbocycles. The van der Waals surface area contributed by atoms with E-state index < -0.39 is 5.97 Å². The molecule has 0 amide bonds. The number of esters is 1. The molecule has 114 valence electrons. The van der Waals surface area contributed by atoms with Crippen molar-refractivity contribution in [3.8, 4) is 23.0 Å². The van der Waals surface area contributed by atoms with Gasteiger partial charge in [0.1, 0.15) is 29.1 Å². The summed E-state index contributed by atoms with van der Waals surface area (Å²) in [5.41, 5.74) is 1.73. The first-order chi connectivity index (χ1) is 10.5. The predicted octanol–water partition coefficient (Wildman–Crippen LogP) is 3.09. The molecule has 2 aromatic rings. The Bertz CT molecular complexity index is 723. The summed E-state index contributed by atoms with van der Waals surface area (Å²) in [5, 5.41) is 19.2. The summed E-state index contributed by atoms with van der Waals surface area (Å²) < 4.78 is 11.1. The monoisotopic (exact) mass is 300 g/mol. The van der Waals surface area contributed by atoms with Gasteiger partial charge in [-0.15, -0.1) is 0 Å².